The van der Waals surface area contributed by atoms with Crippen LogP contribution in [0.3, 0.4) is 0 Å². The molecule has 1 nitrogen and oxygen atoms in total. The summed E-state index contributed by atoms with van der Waals surface area (Å²) in [7, 11) is 0. The Morgan fingerprint density at radius 3 is 2.38 bits per heavy atom. The van der Waals surface area contributed by atoms with Crippen LogP contribution in [0.1, 0.15) is 50.6 Å². The van der Waals surface area contributed by atoms with E-state index in [1.807, 2.05) is 34.3 Å². The van der Waals surface area contributed by atoms with Crippen molar-refractivity contribution in [3.63, 3.8) is 0 Å². The molecular formula is C30H31NS3. The number of pyridine rings is 1. The van der Waals surface area contributed by atoms with Gasteiger partial charge in [-0.05, 0) is 64.8 Å². The first-order valence-corrected chi connectivity index (χ1v) is 14.3. The largest absolute Gasteiger partial charge is 0.255 e. The van der Waals surface area contributed by atoms with Gasteiger partial charge in [-0.3, -0.25) is 4.98 Å². The molecule has 0 N–H and O–H groups in total. The lowest BCUT2D eigenvalue weighted by atomic mass is 9.85. The van der Waals surface area contributed by atoms with E-state index in [0.29, 0.717) is 5.92 Å². The molecule has 0 aliphatic carbocycles. The molecule has 0 aliphatic heterocycles. The molecule has 0 spiro atoms. The molecule has 2 aromatic carbocycles. The number of thiophene rings is 2. The van der Waals surface area contributed by atoms with E-state index in [1.165, 1.54) is 56.7 Å². The molecule has 0 fully saturated rings. The van der Waals surface area contributed by atoms with E-state index in [0.717, 1.165) is 12.1 Å². The standard InChI is InChI=1S/C30H31NS3/c1-8-32-25-12-9-19(16-24(25)30(5,6)7)26-27-22(13-14-31-26)20-10-11-21-23(15-17(2)3)18(4)33-28(21)29(20)34-27/h8-14,16-17H,1,15H2,2-7H3. The van der Waals surface area contributed by atoms with Gasteiger partial charge in [0.15, 0.2) is 0 Å². The summed E-state index contributed by atoms with van der Waals surface area (Å²) in [6, 6.07) is 13.7. The van der Waals surface area contributed by atoms with Gasteiger partial charge >= 0.3 is 0 Å². The topological polar surface area (TPSA) is 12.9 Å². The van der Waals surface area contributed by atoms with Crippen LogP contribution >= 0.6 is 34.4 Å². The predicted molar refractivity (Wildman–Crippen MR) is 156 cm³/mol. The third kappa shape index (κ3) is 4.00. The molecule has 3 heterocycles. The number of rotatable bonds is 5. The van der Waals surface area contributed by atoms with Crippen molar-refractivity contribution in [3.05, 3.63) is 70.6 Å². The summed E-state index contributed by atoms with van der Waals surface area (Å²) in [5, 5.41) is 6.01. The molecule has 0 unspecified atom stereocenters. The molecule has 5 rings (SSSR count). The molecule has 0 aliphatic rings. The highest BCUT2D eigenvalue weighted by atomic mass is 32.2. The number of benzene rings is 2. The van der Waals surface area contributed by atoms with Gasteiger partial charge in [0.05, 0.1) is 19.8 Å². The number of thioether (sulfide) groups is 1. The van der Waals surface area contributed by atoms with Gasteiger partial charge in [0.25, 0.3) is 0 Å². The zero-order valence-corrected chi connectivity index (χ0v) is 23.2. The monoisotopic (exact) mass is 501 g/mol. The van der Waals surface area contributed by atoms with Crippen LogP contribution in [-0.4, -0.2) is 4.98 Å². The molecule has 0 bridgehead atoms. The SMILES string of the molecule is C=CSc1ccc(-c2nccc3c2sc2c3ccc3c(CC(C)C)c(C)sc32)cc1C(C)(C)C. The minimum absolute atomic E-state index is 0.0445. The van der Waals surface area contributed by atoms with E-state index >= 15 is 0 Å². The lowest BCUT2D eigenvalue weighted by molar-refractivity contribution is 0.578. The lowest BCUT2D eigenvalue weighted by Crippen LogP contribution is -2.12. The Labute approximate surface area is 214 Å². The zero-order chi connectivity index (χ0) is 24.2. The Balaban J connectivity index is 1.75. The first-order valence-electron chi connectivity index (χ1n) is 11.8. The van der Waals surface area contributed by atoms with Gasteiger partial charge < -0.3 is 0 Å². The fourth-order valence-electron chi connectivity index (χ4n) is 4.81. The predicted octanol–water partition coefficient (Wildman–Crippen LogP) is 10.4. The van der Waals surface area contributed by atoms with Gasteiger partial charge in [-0.1, -0.05) is 71.2 Å². The Hall–Kier alpha value is -2.14. The molecule has 4 heteroatoms. The fourth-order valence-corrected chi connectivity index (χ4v) is 8.25. The maximum atomic E-state index is 4.90. The number of aryl methyl sites for hydroxylation is 1. The Morgan fingerprint density at radius 1 is 0.971 bits per heavy atom. The smallest absolute Gasteiger partial charge is 0.0880 e. The van der Waals surface area contributed by atoms with Crippen LogP contribution in [0.4, 0.5) is 0 Å². The molecule has 34 heavy (non-hydrogen) atoms. The molecular weight excluding hydrogens is 471 g/mol. The van der Waals surface area contributed by atoms with Gasteiger partial charge in [-0.25, -0.2) is 0 Å². The second-order valence-corrected chi connectivity index (χ2v) is 13.7. The van der Waals surface area contributed by atoms with Gasteiger partial charge in [-0.15, -0.1) is 22.7 Å². The van der Waals surface area contributed by atoms with Crippen molar-refractivity contribution in [3.8, 4) is 11.3 Å². The summed E-state index contributed by atoms with van der Waals surface area (Å²) in [5.74, 6) is 0.657. The van der Waals surface area contributed by atoms with Gasteiger partial charge in [0.2, 0.25) is 0 Å². The zero-order valence-electron chi connectivity index (χ0n) is 20.8. The van der Waals surface area contributed by atoms with Crippen molar-refractivity contribution in [2.45, 2.75) is 58.3 Å². The minimum Gasteiger partial charge on any atom is -0.255 e. The van der Waals surface area contributed by atoms with E-state index in [4.69, 9.17) is 4.98 Å². The summed E-state index contributed by atoms with van der Waals surface area (Å²) in [5.41, 5.74) is 5.18. The highest BCUT2D eigenvalue weighted by molar-refractivity contribution is 8.02. The number of hydrogen-bond donors (Lipinski definition) is 0. The molecule has 0 atom stereocenters. The first-order chi connectivity index (χ1) is 16.2. The van der Waals surface area contributed by atoms with Gasteiger partial charge in [-0.2, -0.15) is 0 Å². The second-order valence-electron chi connectivity index (χ2n) is 10.4. The number of fused-ring (bicyclic) bond motifs is 5. The van der Waals surface area contributed by atoms with Crippen molar-refractivity contribution in [2.75, 3.05) is 0 Å². The number of hydrogen-bond acceptors (Lipinski definition) is 4. The highest BCUT2D eigenvalue weighted by Gasteiger charge is 2.21. The van der Waals surface area contributed by atoms with Crippen LogP contribution in [0, 0.1) is 12.8 Å². The van der Waals surface area contributed by atoms with Crippen molar-refractivity contribution in [1.82, 2.24) is 4.98 Å². The Bertz CT molecular complexity index is 1540. The maximum absolute atomic E-state index is 4.90. The summed E-state index contributed by atoms with van der Waals surface area (Å²) < 4.78 is 4.12. The van der Waals surface area contributed by atoms with E-state index in [1.54, 1.807) is 11.8 Å². The first kappa shape index (κ1) is 23.6. The summed E-state index contributed by atoms with van der Waals surface area (Å²) >= 11 is 5.56. The Morgan fingerprint density at radius 2 is 1.68 bits per heavy atom. The molecule has 0 amide bonds. The molecule has 0 saturated carbocycles. The average Bonchev–Trinajstić information content (AvgIpc) is 3.31. The molecule has 5 aromatic rings. The summed E-state index contributed by atoms with van der Waals surface area (Å²) in [6.07, 6.45) is 3.11. The van der Waals surface area contributed by atoms with E-state index in [-0.39, 0.29) is 5.41 Å². The second kappa shape index (κ2) is 8.82. The van der Waals surface area contributed by atoms with Crippen molar-refractivity contribution >= 4 is 64.7 Å². The maximum Gasteiger partial charge on any atom is 0.0880 e. The summed E-state index contributed by atoms with van der Waals surface area (Å²) in [6.45, 7) is 17.7. The van der Waals surface area contributed by atoms with Gasteiger partial charge in [0, 0.05) is 32.3 Å². The lowest BCUT2D eigenvalue weighted by Gasteiger charge is -2.23. The summed E-state index contributed by atoms with van der Waals surface area (Å²) in [4.78, 5) is 7.62. The van der Waals surface area contributed by atoms with Crippen LogP contribution in [-0.2, 0) is 11.8 Å². The average molecular weight is 502 g/mol. The number of aromatic nitrogens is 1. The third-order valence-electron chi connectivity index (χ3n) is 6.40. The highest BCUT2D eigenvalue weighted by Crippen LogP contribution is 2.46. The van der Waals surface area contributed by atoms with E-state index in [9.17, 15) is 0 Å². The van der Waals surface area contributed by atoms with Crippen LogP contribution in [0.25, 0.3) is 41.5 Å². The Kier molecular flexibility index (Phi) is 6.12. The van der Waals surface area contributed by atoms with Gasteiger partial charge in [0.1, 0.15) is 0 Å². The molecule has 174 valence electrons. The van der Waals surface area contributed by atoms with E-state index in [2.05, 4.69) is 84.5 Å². The molecule has 3 aromatic heterocycles. The van der Waals surface area contributed by atoms with E-state index < -0.39 is 0 Å². The van der Waals surface area contributed by atoms with Crippen molar-refractivity contribution in [2.24, 2.45) is 5.92 Å². The van der Waals surface area contributed by atoms with Crippen molar-refractivity contribution in [1.29, 1.82) is 0 Å². The van der Waals surface area contributed by atoms with Crippen LogP contribution in [0.2, 0.25) is 0 Å². The van der Waals surface area contributed by atoms with Crippen molar-refractivity contribution < 1.29 is 0 Å². The van der Waals surface area contributed by atoms with Crippen LogP contribution < -0.4 is 0 Å². The normalized spacial score (nSPS) is 12.4. The fraction of sp³-hybridized carbons (Fsp3) is 0.300. The quantitative estimate of drug-likeness (QED) is 0.222. The third-order valence-corrected chi connectivity index (χ3v) is 9.73. The van der Waals surface area contributed by atoms with Crippen LogP contribution in [0.15, 0.2) is 59.5 Å². The minimum atomic E-state index is 0.0445. The molecule has 0 radical (unpaired) electrons. The number of nitrogens with zero attached hydrogens (tertiary/aromatic N) is 1. The van der Waals surface area contributed by atoms with Crippen LogP contribution in [0.5, 0.6) is 0 Å². The molecule has 0 saturated heterocycles.